The van der Waals surface area contributed by atoms with Gasteiger partial charge < -0.3 is 9.64 Å². The fourth-order valence-electron chi connectivity index (χ4n) is 2.73. The van der Waals surface area contributed by atoms with E-state index in [1.807, 2.05) is 35.2 Å². The van der Waals surface area contributed by atoms with Crippen LogP contribution in [0, 0.1) is 0 Å². The van der Waals surface area contributed by atoms with Crippen LogP contribution in [0.2, 0.25) is 0 Å². The van der Waals surface area contributed by atoms with E-state index in [0.29, 0.717) is 13.1 Å². The maximum absolute atomic E-state index is 12.7. The van der Waals surface area contributed by atoms with Gasteiger partial charge in [-0.2, -0.15) is 0 Å². The quantitative estimate of drug-likeness (QED) is 0.767. The number of pyridine rings is 2. The molecule has 1 atom stereocenters. The van der Waals surface area contributed by atoms with E-state index in [4.69, 9.17) is 4.74 Å². The molecular formula is C19H21N3O2. The Morgan fingerprint density at radius 3 is 2.83 bits per heavy atom. The molecule has 1 aliphatic heterocycles. The van der Waals surface area contributed by atoms with Crippen molar-refractivity contribution >= 4 is 12.0 Å². The number of aromatic nitrogens is 2. The van der Waals surface area contributed by atoms with Crippen molar-refractivity contribution in [3.05, 3.63) is 66.3 Å². The van der Waals surface area contributed by atoms with E-state index < -0.39 is 0 Å². The predicted octanol–water partition coefficient (Wildman–Crippen LogP) is 2.70. The summed E-state index contributed by atoms with van der Waals surface area (Å²) in [6.07, 6.45) is 12.6. The minimum absolute atomic E-state index is 0.0221. The lowest BCUT2D eigenvalue weighted by Gasteiger charge is -2.24. The normalized spacial score (nSPS) is 17.2. The highest BCUT2D eigenvalue weighted by atomic mass is 16.5. The molecule has 0 aliphatic carbocycles. The standard InChI is InChI=1S/C19H21N3O2/c23-19(6-5-16-7-10-20-11-8-16)22(15-18-4-2-12-24-18)14-17-3-1-9-21-13-17/h1,3,5-11,13,18H,2,4,12,14-15H2. The molecule has 124 valence electrons. The van der Waals surface area contributed by atoms with E-state index in [1.54, 1.807) is 30.9 Å². The lowest BCUT2D eigenvalue weighted by atomic mass is 10.2. The molecule has 2 aromatic heterocycles. The van der Waals surface area contributed by atoms with Crippen molar-refractivity contribution in [2.24, 2.45) is 0 Å². The first-order valence-corrected chi connectivity index (χ1v) is 8.19. The molecule has 5 nitrogen and oxygen atoms in total. The maximum Gasteiger partial charge on any atom is 0.246 e. The summed E-state index contributed by atoms with van der Waals surface area (Å²) in [5.41, 5.74) is 1.97. The second-order valence-electron chi connectivity index (χ2n) is 5.83. The molecule has 5 heteroatoms. The second kappa shape index (κ2) is 8.36. The third kappa shape index (κ3) is 4.73. The molecule has 3 rings (SSSR count). The summed E-state index contributed by atoms with van der Waals surface area (Å²) in [5, 5.41) is 0. The van der Waals surface area contributed by atoms with Crippen LogP contribution in [0.1, 0.15) is 24.0 Å². The summed E-state index contributed by atoms with van der Waals surface area (Å²) in [4.78, 5) is 22.6. The van der Waals surface area contributed by atoms with E-state index in [1.165, 1.54) is 0 Å². The van der Waals surface area contributed by atoms with Crippen molar-refractivity contribution in [2.45, 2.75) is 25.5 Å². The van der Waals surface area contributed by atoms with Gasteiger partial charge in [-0.1, -0.05) is 6.07 Å². The Balaban J connectivity index is 1.70. The zero-order valence-electron chi connectivity index (χ0n) is 13.5. The Kier molecular flexibility index (Phi) is 5.69. The van der Waals surface area contributed by atoms with Crippen molar-refractivity contribution < 1.29 is 9.53 Å². The highest BCUT2D eigenvalue weighted by Gasteiger charge is 2.21. The summed E-state index contributed by atoms with van der Waals surface area (Å²) in [5.74, 6) is -0.0221. The van der Waals surface area contributed by atoms with Gasteiger partial charge in [-0.25, -0.2) is 0 Å². The minimum Gasteiger partial charge on any atom is -0.376 e. The number of amides is 1. The first kappa shape index (κ1) is 16.3. The van der Waals surface area contributed by atoms with Crippen LogP contribution in [0.5, 0.6) is 0 Å². The number of hydrogen-bond acceptors (Lipinski definition) is 4. The monoisotopic (exact) mass is 323 g/mol. The van der Waals surface area contributed by atoms with Crippen LogP contribution in [-0.2, 0) is 16.1 Å². The SMILES string of the molecule is O=C(C=Cc1ccncc1)N(Cc1cccnc1)CC1CCCO1. The van der Waals surface area contributed by atoms with Gasteiger partial charge in [0.1, 0.15) is 0 Å². The van der Waals surface area contributed by atoms with Gasteiger partial charge in [0.25, 0.3) is 0 Å². The molecule has 0 radical (unpaired) electrons. The van der Waals surface area contributed by atoms with Crippen LogP contribution < -0.4 is 0 Å². The molecule has 0 bridgehead atoms. The number of carbonyl (C=O) groups is 1. The van der Waals surface area contributed by atoms with Gasteiger partial charge >= 0.3 is 0 Å². The van der Waals surface area contributed by atoms with Gasteiger partial charge in [0.2, 0.25) is 5.91 Å². The molecular weight excluding hydrogens is 302 g/mol. The van der Waals surface area contributed by atoms with Crippen molar-refractivity contribution in [1.29, 1.82) is 0 Å². The molecule has 0 spiro atoms. The number of nitrogens with zero attached hydrogens (tertiary/aromatic N) is 3. The lowest BCUT2D eigenvalue weighted by molar-refractivity contribution is -0.128. The van der Waals surface area contributed by atoms with Crippen molar-refractivity contribution in [2.75, 3.05) is 13.2 Å². The molecule has 24 heavy (non-hydrogen) atoms. The molecule has 1 unspecified atom stereocenters. The van der Waals surface area contributed by atoms with Crippen LogP contribution >= 0.6 is 0 Å². The minimum atomic E-state index is -0.0221. The maximum atomic E-state index is 12.7. The smallest absolute Gasteiger partial charge is 0.246 e. The van der Waals surface area contributed by atoms with Crippen molar-refractivity contribution in [1.82, 2.24) is 14.9 Å². The van der Waals surface area contributed by atoms with Crippen molar-refractivity contribution in [3.63, 3.8) is 0 Å². The molecule has 1 aliphatic rings. The Labute approximate surface area is 142 Å². The summed E-state index contributed by atoms with van der Waals surface area (Å²) in [6.45, 7) is 1.92. The Hall–Kier alpha value is -2.53. The number of rotatable bonds is 6. The number of ether oxygens (including phenoxy) is 1. The van der Waals surface area contributed by atoms with E-state index in [9.17, 15) is 4.79 Å². The van der Waals surface area contributed by atoms with Gasteiger partial charge in [0, 0.05) is 50.6 Å². The topological polar surface area (TPSA) is 55.3 Å². The summed E-state index contributed by atoms with van der Waals surface area (Å²) in [6, 6.07) is 7.61. The van der Waals surface area contributed by atoms with Crippen LogP contribution in [0.25, 0.3) is 6.08 Å². The van der Waals surface area contributed by atoms with Crippen molar-refractivity contribution in [3.8, 4) is 0 Å². The molecule has 1 saturated heterocycles. The molecule has 1 amide bonds. The van der Waals surface area contributed by atoms with E-state index >= 15 is 0 Å². The van der Waals surface area contributed by atoms with Gasteiger partial charge in [0.15, 0.2) is 0 Å². The zero-order chi connectivity index (χ0) is 16.6. The number of hydrogen-bond donors (Lipinski definition) is 0. The average Bonchev–Trinajstić information content (AvgIpc) is 3.14. The fourth-order valence-corrected chi connectivity index (χ4v) is 2.73. The lowest BCUT2D eigenvalue weighted by Crippen LogP contribution is -2.35. The third-order valence-corrected chi connectivity index (χ3v) is 3.98. The molecule has 1 fully saturated rings. The summed E-state index contributed by atoms with van der Waals surface area (Å²) >= 11 is 0. The van der Waals surface area contributed by atoms with Crippen LogP contribution in [-0.4, -0.2) is 40.0 Å². The van der Waals surface area contributed by atoms with E-state index in [2.05, 4.69) is 9.97 Å². The van der Waals surface area contributed by atoms with Gasteiger partial charge in [-0.3, -0.25) is 14.8 Å². The fraction of sp³-hybridized carbons (Fsp3) is 0.316. The molecule has 0 aromatic carbocycles. The number of carbonyl (C=O) groups excluding carboxylic acids is 1. The Bertz CT molecular complexity index is 668. The highest BCUT2D eigenvalue weighted by molar-refractivity contribution is 5.91. The third-order valence-electron chi connectivity index (χ3n) is 3.98. The Morgan fingerprint density at radius 2 is 2.12 bits per heavy atom. The van der Waals surface area contributed by atoms with Gasteiger partial charge in [-0.05, 0) is 48.2 Å². The van der Waals surface area contributed by atoms with Gasteiger partial charge in [-0.15, -0.1) is 0 Å². The van der Waals surface area contributed by atoms with Crippen LogP contribution in [0.3, 0.4) is 0 Å². The molecule has 0 saturated carbocycles. The second-order valence-corrected chi connectivity index (χ2v) is 5.83. The summed E-state index contributed by atoms with van der Waals surface area (Å²) < 4.78 is 5.69. The molecule has 0 N–H and O–H groups in total. The molecule has 2 aromatic rings. The van der Waals surface area contributed by atoms with E-state index in [-0.39, 0.29) is 12.0 Å². The van der Waals surface area contributed by atoms with Crippen LogP contribution in [0.4, 0.5) is 0 Å². The highest BCUT2D eigenvalue weighted by Crippen LogP contribution is 2.15. The zero-order valence-corrected chi connectivity index (χ0v) is 13.5. The largest absolute Gasteiger partial charge is 0.376 e. The van der Waals surface area contributed by atoms with Gasteiger partial charge in [0.05, 0.1) is 6.10 Å². The summed E-state index contributed by atoms with van der Waals surface area (Å²) in [7, 11) is 0. The average molecular weight is 323 g/mol. The van der Waals surface area contributed by atoms with Crippen LogP contribution in [0.15, 0.2) is 55.1 Å². The first-order chi connectivity index (χ1) is 11.8. The molecule has 3 heterocycles. The first-order valence-electron chi connectivity index (χ1n) is 8.19. The predicted molar refractivity (Wildman–Crippen MR) is 91.9 cm³/mol. The van der Waals surface area contributed by atoms with E-state index in [0.717, 1.165) is 30.6 Å². The Morgan fingerprint density at radius 1 is 1.25 bits per heavy atom.